The number of carbonyl (C=O) groups is 1. The predicted molar refractivity (Wildman–Crippen MR) is 63.5 cm³/mol. The fraction of sp³-hybridized carbons (Fsp3) is 0.455. The molecule has 3 N–H and O–H groups in total. The summed E-state index contributed by atoms with van der Waals surface area (Å²) in [5.41, 5.74) is 1.37. The number of rotatable bonds is 4. The highest BCUT2D eigenvalue weighted by molar-refractivity contribution is 5.73. The second kappa shape index (κ2) is 5.34. The highest BCUT2D eigenvalue weighted by Crippen LogP contribution is 2.08. The molecule has 16 heavy (non-hydrogen) atoms. The van der Waals surface area contributed by atoms with E-state index in [-0.39, 0.29) is 17.9 Å². The normalized spacial score (nSPS) is 9.94. The van der Waals surface area contributed by atoms with Crippen LogP contribution >= 0.6 is 0 Å². The Labute approximate surface area is 94.3 Å². The molecule has 1 heterocycles. The summed E-state index contributed by atoms with van der Waals surface area (Å²) in [5, 5.41) is 5.54. The molecule has 0 saturated heterocycles. The number of aryl methyl sites for hydroxylation is 1. The van der Waals surface area contributed by atoms with Crippen LogP contribution < -0.4 is 16.1 Å². The van der Waals surface area contributed by atoms with Crippen molar-refractivity contribution >= 4 is 11.7 Å². The van der Waals surface area contributed by atoms with Gasteiger partial charge in [0.2, 0.25) is 5.91 Å². The topological polar surface area (TPSA) is 74.0 Å². The Hall–Kier alpha value is -1.78. The molecule has 0 saturated carbocycles. The van der Waals surface area contributed by atoms with Crippen LogP contribution in [0.3, 0.4) is 0 Å². The molecule has 0 bridgehead atoms. The van der Waals surface area contributed by atoms with E-state index in [1.807, 2.05) is 6.92 Å². The predicted octanol–water partition coefficient (Wildman–Crippen LogP) is 0.615. The monoisotopic (exact) mass is 223 g/mol. The third-order valence-electron chi connectivity index (χ3n) is 2.34. The summed E-state index contributed by atoms with van der Waals surface area (Å²) in [6.07, 6.45) is 0.768. The van der Waals surface area contributed by atoms with Crippen LogP contribution in [0.15, 0.2) is 10.9 Å². The van der Waals surface area contributed by atoms with E-state index in [0.717, 1.165) is 12.1 Å². The van der Waals surface area contributed by atoms with E-state index in [0.29, 0.717) is 11.4 Å². The quantitative estimate of drug-likeness (QED) is 0.700. The van der Waals surface area contributed by atoms with Crippen LogP contribution in [0, 0.1) is 0 Å². The molecule has 88 valence electrons. The van der Waals surface area contributed by atoms with Gasteiger partial charge < -0.3 is 15.6 Å². The fourth-order valence-corrected chi connectivity index (χ4v) is 1.43. The number of amides is 1. The molecule has 0 aliphatic rings. The smallest absolute Gasteiger partial charge is 0.217 e. The number of hydrogen-bond donors (Lipinski definition) is 3. The highest BCUT2D eigenvalue weighted by atomic mass is 16.1. The van der Waals surface area contributed by atoms with Gasteiger partial charge in [0.1, 0.15) is 5.82 Å². The van der Waals surface area contributed by atoms with Gasteiger partial charge in [-0.1, -0.05) is 6.92 Å². The van der Waals surface area contributed by atoms with Crippen molar-refractivity contribution in [2.24, 2.45) is 0 Å². The van der Waals surface area contributed by atoms with E-state index in [4.69, 9.17) is 0 Å². The lowest BCUT2D eigenvalue weighted by molar-refractivity contribution is -0.119. The Morgan fingerprint density at radius 2 is 2.19 bits per heavy atom. The molecule has 0 fully saturated rings. The van der Waals surface area contributed by atoms with Gasteiger partial charge in [-0.3, -0.25) is 9.59 Å². The number of nitrogens with one attached hydrogen (secondary N) is 3. The number of aromatic amines is 1. The number of aromatic nitrogens is 1. The Morgan fingerprint density at radius 3 is 2.69 bits per heavy atom. The number of anilines is 1. The molecular formula is C11H17N3O2. The van der Waals surface area contributed by atoms with Crippen molar-refractivity contribution in [2.75, 3.05) is 12.4 Å². The maximum absolute atomic E-state index is 11.8. The van der Waals surface area contributed by atoms with Gasteiger partial charge in [-0.05, 0) is 6.42 Å². The van der Waals surface area contributed by atoms with E-state index in [1.165, 1.54) is 6.92 Å². The third-order valence-corrected chi connectivity index (χ3v) is 2.34. The lowest BCUT2D eigenvalue weighted by atomic mass is 10.2. The largest absolute Gasteiger partial charge is 0.374 e. The van der Waals surface area contributed by atoms with Crippen LogP contribution in [0.2, 0.25) is 0 Å². The number of H-pyrrole nitrogens is 1. The summed E-state index contributed by atoms with van der Waals surface area (Å²) in [7, 11) is 1.74. The summed E-state index contributed by atoms with van der Waals surface area (Å²) in [6, 6.07) is 1.57. The van der Waals surface area contributed by atoms with Crippen molar-refractivity contribution in [3.63, 3.8) is 0 Å². The van der Waals surface area contributed by atoms with Crippen molar-refractivity contribution in [3.8, 4) is 0 Å². The van der Waals surface area contributed by atoms with E-state index < -0.39 is 0 Å². The second-order valence-corrected chi connectivity index (χ2v) is 3.53. The highest BCUT2D eigenvalue weighted by Gasteiger charge is 2.08. The minimum Gasteiger partial charge on any atom is -0.374 e. The number of hydrogen-bond acceptors (Lipinski definition) is 3. The Morgan fingerprint density at radius 1 is 1.50 bits per heavy atom. The number of carbonyl (C=O) groups excluding carboxylic acids is 1. The minimum absolute atomic E-state index is 0.0614. The zero-order chi connectivity index (χ0) is 12.1. The Balaban J connectivity index is 3.06. The van der Waals surface area contributed by atoms with Crippen molar-refractivity contribution in [2.45, 2.75) is 26.8 Å². The molecule has 5 heteroatoms. The molecule has 0 aliphatic heterocycles. The van der Waals surface area contributed by atoms with Crippen LogP contribution in [0.5, 0.6) is 0 Å². The Bertz CT molecular complexity index is 437. The maximum atomic E-state index is 11.8. The first-order valence-electron chi connectivity index (χ1n) is 5.25. The minimum atomic E-state index is -0.152. The van der Waals surface area contributed by atoms with E-state index in [1.54, 1.807) is 13.1 Å². The summed E-state index contributed by atoms with van der Waals surface area (Å²) in [5.74, 6) is 0.513. The summed E-state index contributed by atoms with van der Waals surface area (Å²) >= 11 is 0. The summed E-state index contributed by atoms with van der Waals surface area (Å²) in [6.45, 7) is 3.64. The zero-order valence-electron chi connectivity index (χ0n) is 9.81. The molecule has 1 aromatic rings. The van der Waals surface area contributed by atoms with E-state index in [2.05, 4.69) is 15.6 Å². The van der Waals surface area contributed by atoms with Crippen LogP contribution in [-0.4, -0.2) is 17.9 Å². The fourth-order valence-electron chi connectivity index (χ4n) is 1.43. The van der Waals surface area contributed by atoms with Gasteiger partial charge in [0.15, 0.2) is 5.43 Å². The first-order valence-corrected chi connectivity index (χ1v) is 5.25. The molecule has 0 spiro atoms. The lowest BCUT2D eigenvalue weighted by Gasteiger charge is -2.10. The maximum Gasteiger partial charge on any atom is 0.217 e. The molecular weight excluding hydrogens is 206 g/mol. The molecule has 0 radical (unpaired) electrons. The molecule has 1 rings (SSSR count). The number of pyridine rings is 1. The van der Waals surface area contributed by atoms with Crippen LogP contribution in [0.25, 0.3) is 0 Å². The Kier molecular flexibility index (Phi) is 4.10. The zero-order valence-corrected chi connectivity index (χ0v) is 9.81. The van der Waals surface area contributed by atoms with Gasteiger partial charge in [-0.15, -0.1) is 0 Å². The van der Waals surface area contributed by atoms with Crippen molar-refractivity contribution in [3.05, 3.63) is 27.5 Å². The van der Waals surface area contributed by atoms with Crippen LogP contribution in [0.1, 0.15) is 25.1 Å². The lowest BCUT2D eigenvalue weighted by Crippen LogP contribution is -2.25. The van der Waals surface area contributed by atoms with Crippen molar-refractivity contribution in [1.29, 1.82) is 0 Å². The first-order chi connectivity index (χ1) is 7.58. The van der Waals surface area contributed by atoms with Gasteiger partial charge in [0.25, 0.3) is 0 Å². The molecule has 1 aromatic heterocycles. The molecule has 0 atom stereocenters. The molecule has 0 unspecified atom stereocenters. The van der Waals surface area contributed by atoms with Crippen molar-refractivity contribution in [1.82, 2.24) is 10.3 Å². The van der Waals surface area contributed by atoms with Crippen LogP contribution in [0.4, 0.5) is 5.82 Å². The molecule has 0 aliphatic carbocycles. The third kappa shape index (κ3) is 2.85. The SMILES string of the molecule is CCc1cc(=O)c(CNC(C)=O)c(NC)[nH]1. The summed E-state index contributed by atoms with van der Waals surface area (Å²) < 4.78 is 0. The van der Waals surface area contributed by atoms with Crippen molar-refractivity contribution < 1.29 is 4.79 Å². The molecule has 5 nitrogen and oxygen atoms in total. The average molecular weight is 223 g/mol. The van der Waals surface area contributed by atoms with Crippen LogP contribution in [-0.2, 0) is 17.8 Å². The molecule has 1 amide bonds. The average Bonchev–Trinajstić information content (AvgIpc) is 2.26. The van der Waals surface area contributed by atoms with Gasteiger partial charge in [0.05, 0.1) is 12.1 Å². The first kappa shape index (κ1) is 12.3. The van der Waals surface area contributed by atoms with Gasteiger partial charge in [0, 0.05) is 25.7 Å². The van der Waals surface area contributed by atoms with Gasteiger partial charge in [-0.2, -0.15) is 0 Å². The van der Waals surface area contributed by atoms with Gasteiger partial charge in [-0.25, -0.2) is 0 Å². The van der Waals surface area contributed by atoms with E-state index >= 15 is 0 Å². The second-order valence-electron chi connectivity index (χ2n) is 3.53. The molecule has 0 aromatic carbocycles. The van der Waals surface area contributed by atoms with E-state index in [9.17, 15) is 9.59 Å². The standard InChI is InChI=1S/C11H17N3O2/c1-4-8-5-10(16)9(6-13-7(2)15)11(12-3)14-8/h5H,4,6H2,1-3H3,(H,13,15)(H2,12,14,16). The van der Waals surface area contributed by atoms with Gasteiger partial charge >= 0.3 is 0 Å². The summed E-state index contributed by atoms with van der Waals surface area (Å²) in [4.78, 5) is 25.7.